The second-order valence-corrected chi connectivity index (χ2v) is 5.44. The summed E-state index contributed by atoms with van der Waals surface area (Å²) in [5.74, 6) is -0.0160. The Labute approximate surface area is 126 Å². The Balaban J connectivity index is 1.97. The Morgan fingerprint density at radius 2 is 1.81 bits per heavy atom. The molecule has 110 valence electrons. The fourth-order valence-corrected chi connectivity index (χ4v) is 2.22. The van der Waals surface area contributed by atoms with Crippen LogP contribution in [0.3, 0.4) is 0 Å². The van der Waals surface area contributed by atoms with Gasteiger partial charge in [-0.15, -0.1) is 0 Å². The van der Waals surface area contributed by atoms with Crippen molar-refractivity contribution in [1.82, 2.24) is 5.32 Å². The molecule has 3 heteroatoms. The van der Waals surface area contributed by atoms with E-state index in [2.05, 4.69) is 23.5 Å². The summed E-state index contributed by atoms with van der Waals surface area (Å²) in [7, 11) is 3.96. The summed E-state index contributed by atoms with van der Waals surface area (Å²) >= 11 is 0. The molecule has 0 atom stereocenters. The van der Waals surface area contributed by atoms with E-state index in [-0.39, 0.29) is 5.91 Å². The third-order valence-electron chi connectivity index (χ3n) is 3.38. The summed E-state index contributed by atoms with van der Waals surface area (Å²) in [6.45, 7) is 2.65. The molecular weight excluding hydrogens is 260 g/mol. The maximum Gasteiger partial charge on any atom is 0.251 e. The quantitative estimate of drug-likeness (QED) is 0.914. The molecule has 0 saturated heterocycles. The van der Waals surface area contributed by atoms with Gasteiger partial charge in [0.2, 0.25) is 0 Å². The van der Waals surface area contributed by atoms with Crippen molar-refractivity contribution in [2.45, 2.75) is 13.3 Å². The molecule has 21 heavy (non-hydrogen) atoms. The number of nitrogens with one attached hydrogen (secondary N) is 1. The number of aryl methyl sites for hydroxylation is 1. The van der Waals surface area contributed by atoms with Crippen LogP contribution in [0.1, 0.15) is 21.5 Å². The average molecular weight is 282 g/mol. The number of amides is 1. The highest BCUT2D eigenvalue weighted by Crippen LogP contribution is 2.16. The number of hydrogen-bond donors (Lipinski definition) is 1. The molecule has 2 aromatic rings. The van der Waals surface area contributed by atoms with Gasteiger partial charge in [0, 0.05) is 31.9 Å². The van der Waals surface area contributed by atoms with Gasteiger partial charge in [-0.25, -0.2) is 0 Å². The van der Waals surface area contributed by atoms with Crippen molar-refractivity contribution in [1.29, 1.82) is 0 Å². The lowest BCUT2D eigenvalue weighted by Crippen LogP contribution is -2.26. The molecule has 2 rings (SSSR count). The van der Waals surface area contributed by atoms with Crippen LogP contribution in [0, 0.1) is 6.92 Å². The predicted molar refractivity (Wildman–Crippen MR) is 88.0 cm³/mol. The molecular formula is C18H22N2O. The Bertz CT molecular complexity index is 606. The van der Waals surface area contributed by atoms with Crippen molar-refractivity contribution in [3.8, 4) is 0 Å². The van der Waals surface area contributed by atoms with Crippen LogP contribution in [0.4, 0.5) is 5.69 Å². The van der Waals surface area contributed by atoms with Gasteiger partial charge in [-0.2, -0.15) is 0 Å². The van der Waals surface area contributed by atoms with E-state index < -0.39 is 0 Å². The first-order chi connectivity index (χ1) is 10.1. The molecule has 1 N–H and O–H groups in total. The summed E-state index contributed by atoms with van der Waals surface area (Å²) in [6, 6.07) is 16.1. The number of nitrogens with zero attached hydrogens (tertiary/aromatic N) is 1. The predicted octanol–water partition coefficient (Wildman–Crippen LogP) is 3.03. The Kier molecular flexibility index (Phi) is 4.99. The molecule has 0 radical (unpaired) electrons. The number of benzene rings is 2. The second-order valence-electron chi connectivity index (χ2n) is 5.44. The van der Waals surface area contributed by atoms with Crippen LogP contribution in [-0.2, 0) is 6.42 Å². The van der Waals surface area contributed by atoms with E-state index in [1.54, 1.807) is 0 Å². The first kappa shape index (κ1) is 15.1. The molecule has 0 aliphatic heterocycles. The van der Waals surface area contributed by atoms with Gasteiger partial charge in [-0.1, -0.05) is 30.3 Å². The van der Waals surface area contributed by atoms with Crippen LogP contribution in [0.15, 0.2) is 48.5 Å². The highest BCUT2D eigenvalue weighted by Gasteiger charge is 2.08. The standard InChI is InChI=1S/C18H22N2O/c1-14-11-16(13-17(12-14)20(2)3)18(21)19-10-9-15-7-5-4-6-8-15/h4-8,11-13H,9-10H2,1-3H3,(H,19,21). The average Bonchev–Trinajstić information content (AvgIpc) is 2.47. The molecule has 0 aliphatic carbocycles. The zero-order valence-electron chi connectivity index (χ0n) is 12.9. The van der Waals surface area contributed by atoms with Gasteiger partial charge in [0.15, 0.2) is 0 Å². The zero-order chi connectivity index (χ0) is 15.2. The highest BCUT2D eigenvalue weighted by molar-refractivity contribution is 5.95. The summed E-state index contributed by atoms with van der Waals surface area (Å²) in [5, 5.41) is 2.98. The minimum absolute atomic E-state index is 0.0160. The number of carbonyl (C=O) groups is 1. The van der Waals surface area contributed by atoms with Gasteiger partial charge >= 0.3 is 0 Å². The SMILES string of the molecule is Cc1cc(C(=O)NCCc2ccccc2)cc(N(C)C)c1. The lowest BCUT2D eigenvalue weighted by Gasteiger charge is -2.15. The second kappa shape index (κ2) is 6.93. The van der Waals surface area contributed by atoms with Gasteiger partial charge in [0.1, 0.15) is 0 Å². The van der Waals surface area contributed by atoms with Gasteiger partial charge in [0.05, 0.1) is 0 Å². The first-order valence-electron chi connectivity index (χ1n) is 7.17. The Morgan fingerprint density at radius 1 is 1.10 bits per heavy atom. The van der Waals surface area contributed by atoms with E-state index in [0.717, 1.165) is 17.7 Å². The van der Waals surface area contributed by atoms with Gasteiger partial charge in [0.25, 0.3) is 5.91 Å². The minimum Gasteiger partial charge on any atom is -0.378 e. The minimum atomic E-state index is -0.0160. The zero-order valence-corrected chi connectivity index (χ0v) is 12.9. The molecule has 0 aromatic heterocycles. The smallest absolute Gasteiger partial charge is 0.251 e. The maximum absolute atomic E-state index is 12.2. The van der Waals surface area contributed by atoms with Crippen LogP contribution in [0.2, 0.25) is 0 Å². The number of hydrogen-bond acceptors (Lipinski definition) is 2. The van der Waals surface area contributed by atoms with Gasteiger partial charge in [-0.05, 0) is 42.7 Å². The van der Waals surface area contributed by atoms with Crippen LogP contribution >= 0.6 is 0 Å². The molecule has 0 bridgehead atoms. The first-order valence-corrected chi connectivity index (χ1v) is 7.17. The number of anilines is 1. The normalized spacial score (nSPS) is 10.2. The van der Waals surface area contributed by atoms with E-state index >= 15 is 0 Å². The van der Waals surface area contributed by atoms with E-state index in [1.807, 2.05) is 56.3 Å². The van der Waals surface area contributed by atoms with Crippen molar-refractivity contribution in [2.75, 3.05) is 25.5 Å². The van der Waals surface area contributed by atoms with Crippen molar-refractivity contribution in [3.05, 3.63) is 65.2 Å². The van der Waals surface area contributed by atoms with Crippen LogP contribution < -0.4 is 10.2 Å². The molecule has 0 saturated carbocycles. The summed E-state index contributed by atoms with van der Waals surface area (Å²) in [5.41, 5.74) is 4.08. The van der Waals surface area contributed by atoms with Crippen molar-refractivity contribution < 1.29 is 4.79 Å². The molecule has 0 fully saturated rings. The van der Waals surface area contributed by atoms with Crippen molar-refractivity contribution >= 4 is 11.6 Å². The summed E-state index contributed by atoms with van der Waals surface area (Å²) < 4.78 is 0. The Hall–Kier alpha value is -2.29. The van der Waals surface area contributed by atoms with Crippen molar-refractivity contribution in [2.24, 2.45) is 0 Å². The third kappa shape index (κ3) is 4.35. The topological polar surface area (TPSA) is 32.3 Å². The lowest BCUT2D eigenvalue weighted by atomic mass is 10.1. The summed E-state index contributed by atoms with van der Waals surface area (Å²) in [6.07, 6.45) is 0.846. The molecule has 0 unspecified atom stereocenters. The lowest BCUT2D eigenvalue weighted by molar-refractivity contribution is 0.0954. The third-order valence-corrected chi connectivity index (χ3v) is 3.38. The van der Waals surface area contributed by atoms with Gasteiger partial charge < -0.3 is 10.2 Å². The van der Waals surface area contributed by atoms with E-state index in [9.17, 15) is 4.79 Å². The van der Waals surface area contributed by atoms with Crippen LogP contribution in [-0.4, -0.2) is 26.5 Å². The number of rotatable bonds is 5. The molecule has 0 aliphatic rings. The maximum atomic E-state index is 12.2. The monoisotopic (exact) mass is 282 g/mol. The molecule has 0 heterocycles. The van der Waals surface area contributed by atoms with Crippen LogP contribution in [0.25, 0.3) is 0 Å². The fourth-order valence-electron chi connectivity index (χ4n) is 2.22. The van der Waals surface area contributed by atoms with Crippen LogP contribution in [0.5, 0.6) is 0 Å². The number of carbonyl (C=O) groups excluding carboxylic acids is 1. The molecule has 1 amide bonds. The molecule has 0 spiro atoms. The largest absolute Gasteiger partial charge is 0.378 e. The van der Waals surface area contributed by atoms with E-state index in [1.165, 1.54) is 5.56 Å². The summed E-state index contributed by atoms with van der Waals surface area (Å²) in [4.78, 5) is 14.2. The molecule has 3 nitrogen and oxygen atoms in total. The fraction of sp³-hybridized carbons (Fsp3) is 0.278. The highest BCUT2D eigenvalue weighted by atomic mass is 16.1. The Morgan fingerprint density at radius 3 is 2.48 bits per heavy atom. The van der Waals surface area contributed by atoms with E-state index in [4.69, 9.17) is 0 Å². The van der Waals surface area contributed by atoms with Gasteiger partial charge in [-0.3, -0.25) is 4.79 Å². The molecule has 2 aromatic carbocycles. The van der Waals surface area contributed by atoms with E-state index in [0.29, 0.717) is 12.1 Å². The van der Waals surface area contributed by atoms with Crippen molar-refractivity contribution in [3.63, 3.8) is 0 Å².